The summed E-state index contributed by atoms with van der Waals surface area (Å²) < 4.78 is 35.3. The maximum absolute atomic E-state index is 13.4. The number of sulfonamides is 1. The number of rotatable bonds is 15. The summed E-state index contributed by atoms with van der Waals surface area (Å²) in [4.78, 5) is 43.8. The van der Waals surface area contributed by atoms with E-state index >= 15 is 0 Å². The van der Waals surface area contributed by atoms with Crippen molar-refractivity contribution >= 4 is 73.6 Å². The fourth-order valence-corrected chi connectivity index (χ4v) is 9.99. The second-order valence-corrected chi connectivity index (χ2v) is 18.5. The molecule has 2 N–H and O–H groups in total. The molecule has 2 aliphatic heterocycles. The van der Waals surface area contributed by atoms with Crippen molar-refractivity contribution in [1.82, 2.24) is 14.5 Å². The van der Waals surface area contributed by atoms with Gasteiger partial charge in [0, 0.05) is 86.4 Å². The number of ether oxygens (including phenoxy) is 1. The number of nitrogens with one attached hydrogen (secondary N) is 2. The third kappa shape index (κ3) is 11.0. The summed E-state index contributed by atoms with van der Waals surface area (Å²) in [6.45, 7) is 5.82. The Morgan fingerprint density at radius 2 is 1.63 bits per heavy atom. The monoisotopic (exact) mass is 874 g/mol. The number of nitro benzene ring substituents is 1. The average molecular weight is 875 g/mol. The van der Waals surface area contributed by atoms with Crippen molar-refractivity contribution in [3.05, 3.63) is 135 Å². The molecule has 13 nitrogen and oxygen atoms in total. The lowest BCUT2D eigenvalue weighted by Gasteiger charge is -2.36. The Balaban J connectivity index is 0.965. The normalized spacial score (nSPS) is 15.4. The molecule has 308 valence electrons. The van der Waals surface area contributed by atoms with Crippen LogP contribution in [0.2, 0.25) is 5.02 Å². The van der Waals surface area contributed by atoms with E-state index in [-0.39, 0.29) is 23.6 Å². The van der Waals surface area contributed by atoms with Gasteiger partial charge in [0.2, 0.25) is 5.91 Å². The number of nitrogens with zero attached hydrogens (tertiary/aromatic N) is 4. The van der Waals surface area contributed by atoms with Gasteiger partial charge in [-0.1, -0.05) is 54.1 Å². The number of anilines is 2. The molecule has 0 radical (unpaired) electrons. The van der Waals surface area contributed by atoms with Crippen molar-refractivity contribution in [2.75, 3.05) is 68.5 Å². The van der Waals surface area contributed by atoms with Gasteiger partial charge in [-0.05, 0) is 76.7 Å². The molecule has 3 heterocycles. The Bertz CT molecular complexity index is 2350. The molecule has 7 rings (SSSR count). The summed E-state index contributed by atoms with van der Waals surface area (Å²) in [5.74, 6) is -0.543. The molecule has 17 heteroatoms. The van der Waals surface area contributed by atoms with Gasteiger partial charge < -0.3 is 19.9 Å². The molecule has 2 aliphatic rings. The Kier molecular flexibility index (Phi) is 13.9. The number of carbonyl (C=O) groups excluding carboxylic acids is 2. The summed E-state index contributed by atoms with van der Waals surface area (Å²) in [6, 6.07) is 29.7. The van der Waals surface area contributed by atoms with E-state index in [4.69, 9.17) is 16.3 Å². The molecule has 0 bridgehead atoms. The van der Waals surface area contributed by atoms with Crippen LogP contribution in [0.25, 0.3) is 11.1 Å². The maximum Gasteiger partial charge on any atom is 0.293 e. The molecule has 2 saturated heterocycles. The van der Waals surface area contributed by atoms with E-state index in [1.807, 2.05) is 47.8 Å². The topological polar surface area (TPSA) is 154 Å². The molecule has 0 spiro atoms. The van der Waals surface area contributed by atoms with Crippen LogP contribution in [-0.4, -0.2) is 99.2 Å². The molecule has 0 unspecified atom stereocenters. The Morgan fingerprint density at radius 3 is 2.32 bits per heavy atom. The second kappa shape index (κ2) is 19.4. The SMILES string of the molecule is O=C(NS(=O)(=O)c1ccc(N[C@@H](CSc2cccs2)CC(=O)N2CCOCC2)c([N+](=O)[O-])c1)c1ccc(N2CCN(Cc3ccccc3-c3ccc(Cl)cc3)CC2)cc1. The van der Waals surface area contributed by atoms with Crippen molar-refractivity contribution in [3.63, 3.8) is 0 Å². The minimum Gasteiger partial charge on any atom is -0.378 e. The predicted octanol–water partition coefficient (Wildman–Crippen LogP) is 7.24. The smallest absolute Gasteiger partial charge is 0.293 e. The largest absolute Gasteiger partial charge is 0.378 e. The summed E-state index contributed by atoms with van der Waals surface area (Å²) in [6.07, 6.45) is 0.0709. The standard InChI is InChI=1S/C42H43ClN6O7S3/c43-33-11-7-30(8-12-33)37-5-2-1-4-32(37)28-46-17-19-47(20-18-46)35-13-9-31(10-14-35)42(51)45-59(54,55)36-15-16-38(39(27-36)49(52)53)44-34(29-58-41-6-3-25-57-41)26-40(50)48-21-23-56-24-22-48/h1-16,25,27,34,44H,17-24,26,28-29H2,(H,45,51)/t34-/m1/s1. The van der Waals surface area contributed by atoms with Crippen LogP contribution >= 0.6 is 34.7 Å². The first kappa shape index (κ1) is 42.2. The number of benzene rings is 4. The first-order chi connectivity index (χ1) is 28.5. The maximum atomic E-state index is 13.4. The van der Waals surface area contributed by atoms with Crippen LogP contribution in [0.1, 0.15) is 22.3 Å². The lowest BCUT2D eigenvalue weighted by Crippen LogP contribution is -2.46. The van der Waals surface area contributed by atoms with E-state index in [9.17, 15) is 28.1 Å². The van der Waals surface area contributed by atoms with Crippen molar-refractivity contribution in [2.45, 2.75) is 28.1 Å². The molecule has 2 amide bonds. The summed E-state index contributed by atoms with van der Waals surface area (Å²) in [5.41, 5.74) is 4.11. The van der Waals surface area contributed by atoms with Gasteiger partial charge in [-0.15, -0.1) is 23.1 Å². The molecule has 1 aromatic heterocycles. The van der Waals surface area contributed by atoms with Crippen molar-refractivity contribution in [2.24, 2.45) is 0 Å². The third-order valence-corrected chi connectivity index (χ3v) is 14.1. The molecule has 59 heavy (non-hydrogen) atoms. The minimum absolute atomic E-state index is 0.0611. The van der Waals surface area contributed by atoms with Crippen LogP contribution in [0, 0.1) is 10.1 Å². The zero-order valence-corrected chi connectivity index (χ0v) is 35.2. The van der Waals surface area contributed by atoms with E-state index < -0.39 is 37.5 Å². The van der Waals surface area contributed by atoms with Gasteiger partial charge in [0.25, 0.3) is 21.6 Å². The van der Waals surface area contributed by atoms with Gasteiger partial charge in [-0.25, -0.2) is 13.1 Å². The first-order valence-electron chi connectivity index (χ1n) is 19.1. The zero-order chi connectivity index (χ0) is 41.4. The van der Waals surface area contributed by atoms with Crippen molar-refractivity contribution in [3.8, 4) is 11.1 Å². The van der Waals surface area contributed by atoms with Crippen molar-refractivity contribution < 1.29 is 27.7 Å². The van der Waals surface area contributed by atoms with E-state index in [2.05, 4.69) is 38.0 Å². The summed E-state index contributed by atoms with van der Waals surface area (Å²) >= 11 is 9.18. The number of morpholine rings is 1. The van der Waals surface area contributed by atoms with Crippen LogP contribution in [0.15, 0.2) is 118 Å². The van der Waals surface area contributed by atoms with Crippen LogP contribution < -0.4 is 14.9 Å². The second-order valence-electron chi connectivity index (χ2n) is 14.1. The molecule has 5 aromatic rings. The van der Waals surface area contributed by atoms with E-state index in [1.165, 1.54) is 35.0 Å². The number of piperazine rings is 1. The van der Waals surface area contributed by atoms with Crippen LogP contribution in [-0.2, 0) is 26.1 Å². The van der Waals surface area contributed by atoms with Crippen molar-refractivity contribution in [1.29, 1.82) is 0 Å². The number of carbonyl (C=O) groups is 2. The van der Waals surface area contributed by atoms with Gasteiger partial charge in [-0.2, -0.15) is 0 Å². The third-order valence-electron chi connectivity index (χ3n) is 10.2. The number of thiophene rings is 1. The highest BCUT2D eigenvalue weighted by Crippen LogP contribution is 2.32. The first-order valence-corrected chi connectivity index (χ1v) is 22.8. The average Bonchev–Trinajstić information content (AvgIpc) is 3.78. The number of halogens is 1. The fraction of sp³-hybridized carbons (Fsp3) is 0.286. The summed E-state index contributed by atoms with van der Waals surface area (Å²) in [7, 11) is -4.50. The van der Waals surface area contributed by atoms with Gasteiger partial charge in [0.1, 0.15) is 5.69 Å². The fourth-order valence-electron chi connectivity index (χ4n) is 7.04. The predicted molar refractivity (Wildman–Crippen MR) is 233 cm³/mol. The van der Waals surface area contributed by atoms with E-state index in [0.29, 0.717) is 37.1 Å². The minimum atomic E-state index is -4.50. The number of hydrogen-bond acceptors (Lipinski definition) is 12. The Labute approximate surface area is 356 Å². The lowest BCUT2D eigenvalue weighted by molar-refractivity contribution is -0.384. The van der Waals surface area contributed by atoms with Crippen LogP contribution in [0.3, 0.4) is 0 Å². The molecule has 0 saturated carbocycles. The summed E-state index contributed by atoms with van der Waals surface area (Å²) in [5, 5.41) is 18.0. The Hall–Kier alpha value is -4.97. The quantitative estimate of drug-likeness (QED) is 0.0622. The van der Waals surface area contributed by atoms with Gasteiger partial charge in [-0.3, -0.25) is 24.6 Å². The molecular weight excluding hydrogens is 832 g/mol. The van der Waals surface area contributed by atoms with Gasteiger partial charge >= 0.3 is 0 Å². The number of thioether (sulfide) groups is 1. The molecule has 2 fully saturated rings. The Morgan fingerprint density at radius 1 is 0.898 bits per heavy atom. The number of hydrogen-bond donors (Lipinski definition) is 2. The number of amides is 2. The van der Waals surface area contributed by atoms with Gasteiger partial charge in [0.15, 0.2) is 0 Å². The van der Waals surface area contributed by atoms with E-state index in [1.54, 1.807) is 40.5 Å². The highest BCUT2D eigenvalue weighted by atomic mass is 35.5. The zero-order valence-electron chi connectivity index (χ0n) is 32.0. The van der Waals surface area contributed by atoms with Crippen LogP contribution in [0.4, 0.5) is 17.1 Å². The highest BCUT2D eigenvalue weighted by Gasteiger charge is 2.28. The molecular formula is C42H43ClN6O7S3. The lowest BCUT2D eigenvalue weighted by atomic mass is 9.99. The van der Waals surface area contributed by atoms with Gasteiger partial charge in [0.05, 0.1) is 27.2 Å². The number of nitro groups is 1. The highest BCUT2D eigenvalue weighted by molar-refractivity contribution is 8.01. The molecule has 4 aromatic carbocycles. The molecule has 0 aliphatic carbocycles. The van der Waals surface area contributed by atoms with E-state index in [0.717, 1.165) is 54.3 Å². The van der Waals surface area contributed by atoms with Crippen LogP contribution in [0.5, 0.6) is 0 Å². The molecule has 1 atom stereocenters.